The molecule has 4 aromatic carbocycles. The van der Waals surface area contributed by atoms with Crippen molar-refractivity contribution < 1.29 is 18.4 Å². The number of rotatable bonds is 10. The minimum atomic E-state index is -3.06. The van der Waals surface area contributed by atoms with Crippen molar-refractivity contribution in [3.05, 3.63) is 143 Å². The van der Waals surface area contributed by atoms with Crippen molar-refractivity contribution in [2.45, 2.75) is 75.5 Å². The van der Waals surface area contributed by atoms with Crippen LogP contribution in [0.2, 0.25) is 0 Å². The molecule has 0 unspecified atom stereocenters. The standard InChI is InChI=1S/C47H48F2N8O2/c1-2-51-41(32-13-7-4-8-14-32)46(59)56-24-10-17-38(56)44-53-36-16-9-15-34-25-33(22-23-35(34)42(36)55-44)29-18-20-30(21-19-29)37-27-52-43(54-37)39-26-47(48,49)28-57(39)45(58)40(50)31-11-5-3-6-12-31/h3-8,11-14,18-23,25,27,38-41,51H,2,9-10,15-17,24,26,28,50H2,1H3,(H,52,54)(H,53,55)/t38-,39-,40+,41+/m0/s1. The average molecular weight is 795 g/mol. The van der Waals surface area contributed by atoms with Crippen LogP contribution in [0.5, 0.6) is 0 Å². The highest BCUT2D eigenvalue weighted by Gasteiger charge is 2.49. The molecule has 6 aromatic rings. The molecule has 4 heterocycles. The van der Waals surface area contributed by atoms with E-state index in [0.717, 1.165) is 82.0 Å². The summed E-state index contributed by atoms with van der Waals surface area (Å²) in [5, 5.41) is 3.41. The first kappa shape index (κ1) is 38.5. The number of fused-ring (bicyclic) bond motifs is 3. The number of amides is 2. The van der Waals surface area contributed by atoms with Gasteiger partial charge in [0.05, 0.1) is 36.2 Å². The van der Waals surface area contributed by atoms with Crippen LogP contribution in [0, 0.1) is 0 Å². The zero-order valence-electron chi connectivity index (χ0n) is 33.0. The Balaban J connectivity index is 0.919. The summed E-state index contributed by atoms with van der Waals surface area (Å²) in [4.78, 5) is 47.2. The number of aromatic amines is 2. The van der Waals surface area contributed by atoms with E-state index in [1.165, 1.54) is 5.56 Å². The summed E-state index contributed by atoms with van der Waals surface area (Å²) < 4.78 is 29.6. The number of hydrogen-bond acceptors (Lipinski definition) is 6. The van der Waals surface area contributed by atoms with Gasteiger partial charge in [-0.05, 0) is 72.0 Å². The summed E-state index contributed by atoms with van der Waals surface area (Å²) in [5.74, 6) is -2.38. The summed E-state index contributed by atoms with van der Waals surface area (Å²) in [6, 6.07) is 30.8. The fourth-order valence-corrected chi connectivity index (χ4v) is 9.11. The fraction of sp³-hybridized carbons (Fsp3) is 0.319. The summed E-state index contributed by atoms with van der Waals surface area (Å²) in [6.45, 7) is 2.71. The molecule has 5 N–H and O–H groups in total. The molecule has 2 fully saturated rings. The lowest BCUT2D eigenvalue weighted by atomic mass is 9.95. The molecule has 2 aliphatic heterocycles. The molecular weight excluding hydrogens is 747 g/mol. The zero-order valence-corrected chi connectivity index (χ0v) is 33.0. The van der Waals surface area contributed by atoms with Crippen LogP contribution in [-0.2, 0) is 22.4 Å². The summed E-state index contributed by atoms with van der Waals surface area (Å²) in [5.41, 5.74) is 15.9. The molecule has 0 saturated carbocycles. The number of halogens is 2. The van der Waals surface area contributed by atoms with E-state index in [-0.39, 0.29) is 11.9 Å². The predicted octanol–water partition coefficient (Wildman–Crippen LogP) is 8.25. The number of hydrogen-bond donors (Lipinski definition) is 4. The van der Waals surface area contributed by atoms with Crippen LogP contribution in [-0.4, -0.2) is 67.1 Å². The Hall–Kier alpha value is -5.98. The van der Waals surface area contributed by atoms with Crippen molar-refractivity contribution in [1.29, 1.82) is 0 Å². The lowest BCUT2D eigenvalue weighted by Gasteiger charge is -2.28. The van der Waals surface area contributed by atoms with Crippen molar-refractivity contribution in [3.8, 4) is 33.6 Å². The maximum Gasteiger partial charge on any atom is 0.267 e. The first-order valence-electron chi connectivity index (χ1n) is 20.6. The number of likely N-dealkylation sites (N-methyl/N-ethyl adjacent to an activating group) is 1. The van der Waals surface area contributed by atoms with Gasteiger partial charge in [-0.25, -0.2) is 18.7 Å². The van der Waals surface area contributed by atoms with Gasteiger partial charge in [-0.15, -0.1) is 0 Å². The highest BCUT2D eigenvalue weighted by Crippen LogP contribution is 2.42. The molecule has 0 radical (unpaired) electrons. The number of aryl methyl sites for hydroxylation is 2. The van der Waals surface area contributed by atoms with Crippen molar-refractivity contribution >= 4 is 11.8 Å². The van der Waals surface area contributed by atoms with Gasteiger partial charge in [0.1, 0.15) is 23.7 Å². The predicted molar refractivity (Wildman–Crippen MR) is 223 cm³/mol. The quantitative estimate of drug-likeness (QED) is 0.110. The minimum absolute atomic E-state index is 0.0810. The monoisotopic (exact) mass is 794 g/mol. The van der Waals surface area contributed by atoms with Crippen LogP contribution in [0.15, 0.2) is 109 Å². The number of alkyl halides is 2. The van der Waals surface area contributed by atoms with Gasteiger partial charge in [0.15, 0.2) is 0 Å². The third-order valence-electron chi connectivity index (χ3n) is 12.1. The largest absolute Gasteiger partial charge is 0.344 e. The van der Waals surface area contributed by atoms with Gasteiger partial charge in [-0.2, -0.15) is 0 Å². The first-order chi connectivity index (χ1) is 28.7. The first-order valence-corrected chi connectivity index (χ1v) is 20.6. The second-order valence-corrected chi connectivity index (χ2v) is 16.0. The van der Waals surface area contributed by atoms with Crippen molar-refractivity contribution in [3.63, 3.8) is 0 Å². The van der Waals surface area contributed by atoms with Gasteiger partial charge >= 0.3 is 0 Å². The average Bonchev–Trinajstić information content (AvgIpc) is 4.08. The van der Waals surface area contributed by atoms with Gasteiger partial charge in [0.25, 0.3) is 5.92 Å². The third-order valence-corrected chi connectivity index (χ3v) is 12.1. The van der Waals surface area contributed by atoms with E-state index in [1.807, 2.05) is 72.5 Å². The van der Waals surface area contributed by atoms with E-state index in [0.29, 0.717) is 30.2 Å². The van der Waals surface area contributed by atoms with Gasteiger partial charge in [-0.3, -0.25) is 9.59 Å². The van der Waals surface area contributed by atoms with E-state index in [4.69, 9.17) is 10.7 Å². The van der Waals surface area contributed by atoms with Crippen molar-refractivity contribution in [2.24, 2.45) is 5.73 Å². The molecule has 302 valence electrons. The van der Waals surface area contributed by atoms with Crippen molar-refractivity contribution in [1.82, 2.24) is 35.1 Å². The Bertz CT molecular complexity index is 2450. The number of benzene rings is 4. The number of carbonyl (C=O) groups excluding carboxylic acids is 2. The molecule has 0 spiro atoms. The Labute approximate surface area is 342 Å². The molecule has 2 aromatic heterocycles. The minimum Gasteiger partial charge on any atom is -0.344 e. The smallest absolute Gasteiger partial charge is 0.267 e. The van der Waals surface area contributed by atoms with Gasteiger partial charge in [-0.1, -0.05) is 110 Å². The normalized spacial score (nSPS) is 19.5. The maximum atomic E-state index is 14.8. The molecular formula is C47H48F2N8O2. The lowest BCUT2D eigenvalue weighted by molar-refractivity contribution is -0.135. The van der Waals surface area contributed by atoms with Crippen LogP contribution in [0.1, 0.15) is 90.8 Å². The molecule has 12 heteroatoms. The van der Waals surface area contributed by atoms with E-state index in [2.05, 4.69) is 38.5 Å². The number of imidazole rings is 2. The Morgan fingerprint density at radius 1 is 0.831 bits per heavy atom. The van der Waals surface area contributed by atoms with Crippen LogP contribution >= 0.6 is 0 Å². The molecule has 3 aliphatic rings. The molecule has 59 heavy (non-hydrogen) atoms. The molecule has 1 aliphatic carbocycles. The number of H-pyrrole nitrogens is 2. The number of aromatic nitrogens is 4. The second kappa shape index (κ2) is 16.0. The number of likely N-dealkylation sites (tertiary alicyclic amines) is 2. The molecule has 9 rings (SSSR count). The molecule has 2 amide bonds. The van der Waals surface area contributed by atoms with Crippen LogP contribution in [0.4, 0.5) is 8.78 Å². The number of nitrogens with two attached hydrogens (primary N) is 1. The molecule has 4 atom stereocenters. The summed E-state index contributed by atoms with van der Waals surface area (Å²) >= 11 is 0. The lowest BCUT2D eigenvalue weighted by Crippen LogP contribution is -2.40. The van der Waals surface area contributed by atoms with Gasteiger partial charge in [0, 0.05) is 24.2 Å². The van der Waals surface area contributed by atoms with Crippen LogP contribution in [0.3, 0.4) is 0 Å². The SMILES string of the molecule is CCN[C@@H](C(=O)N1CCC[C@H]1c1nc2c([nH]1)CCCc1cc(-c3ccc(-c4cnc([C@@H]5CC(F)(F)CN5C(=O)[C@H](N)c5ccccc5)[nH]4)cc3)ccc1-2)c1ccccc1. The number of nitrogens with zero attached hydrogens (tertiary/aromatic N) is 4. The Morgan fingerprint density at radius 3 is 2.29 bits per heavy atom. The number of nitrogens with one attached hydrogen (secondary N) is 3. The Kier molecular flexibility index (Phi) is 10.4. The fourth-order valence-electron chi connectivity index (χ4n) is 9.11. The Morgan fingerprint density at radius 2 is 1.54 bits per heavy atom. The zero-order chi connectivity index (χ0) is 40.7. The van der Waals surface area contributed by atoms with E-state index >= 15 is 0 Å². The van der Waals surface area contributed by atoms with E-state index < -0.39 is 42.9 Å². The van der Waals surface area contributed by atoms with Crippen LogP contribution in [0.25, 0.3) is 33.6 Å². The summed E-state index contributed by atoms with van der Waals surface area (Å²) in [6.07, 6.45) is 5.67. The second-order valence-electron chi connectivity index (χ2n) is 16.0. The number of carbonyl (C=O) groups is 2. The molecule has 10 nitrogen and oxygen atoms in total. The van der Waals surface area contributed by atoms with Crippen LogP contribution < -0.4 is 11.1 Å². The third kappa shape index (κ3) is 7.58. The highest BCUT2D eigenvalue weighted by molar-refractivity contribution is 5.85. The van der Waals surface area contributed by atoms with E-state index in [1.54, 1.807) is 30.5 Å². The maximum absolute atomic E-state index is 14.8. The van der Waals surface area contributed by atoms with Crippen molar-refractivity contribution in [2.75, 3.05) is 19.6 Å². The summed E-state index contributed by atoms with van der Waals surface area (Å²) in [7, 11) is 0. The van der Waals surface area contributed by atoms with Gasteiger partial charge < -0.3 is 30.8 Å². The molecule has 0 bridgehead atoms. The topological polar surface area (TPSA) is 136 Å². The highest BCUT2D eigenvalue weighted by atomic mass is 19.3. The molecule has 2 saturated heterocycles. The van der Waals surface area contributed by atoms with E-state index in [9.17, 15) is 18.4 Å². The van der Waals surface area contributed by atoms with Gasteiger partial charge in [0.2, 0.25) is 11.8 Å².